The van der Waals surface area contributed by atoms with Gasteiger partial charge in [-0.05, 0) is 57.3 Å². The first-order valence-electron chi connectivity index (χ1n) is 8.86. The van der Waals surface area contributed by atoms with Gasteiger partial charge in [-0.2, -0.15) is 0 Å². The molecule has 5 heteroatoms. The summed E-state index contributed by atoms with van der Waals surface area (Å²) in [5.74, 6) is 0.676. The van der Waals surface area contributed by atoms with Gasteiger partial charge in [0, 0.05) is 11.8 Å². The van der Waals surface area contributed by atoms with Gasteiger partial charge < -0.3 is 14.2 Å². The summed E-state index contributed by atoms with van der Waals surface area (Å²) in [4.78, 5) is 25.3. The Bertz CT molecular complexity index is 598. The van der Waals surface area contributed by atoms with E-state index in [1.54, 1.807) is 0 Å². The lowest BCUT2D eigenvalue weighted by Gasteiger charge is -2.47. The lowest BCUT2D eigenvalue weighted by Crippen LogP contribution is -2.44. The van der Waals surface area contributed by atoms with E-state index in [2.05, 4.69) is 0 Å². The first-order chi connectivity index (χ1) is 10.8. The third-order valence-corrected chi connectivity index (χ3v) is 7.24. The van der Waals surface area contributed by atoms with E-state index < -0.39 is 11.2 Å². The molecule has 0 aromatic heterocycles. The van der Waals surface area contributed by atoms with Gasteiger partial charge in [-0.25, -0.2) is 0 Å². The maximum absolute atomic E-state index is 12.9. The molecule has 6 atom stereocenters. The predicted octanol–water partition coefficient (Wildman–Crippen LogP) is 2.08. The molecular weight excluding hydrogens is 296 g/mol. The second kappa shape index (κ2) is 4.17. The Labute approximate surface area is 136 Å². The van der Waals surface area contributed by atoms with E-state index in [0.717, 1.165) is 25.7 Å². The van der Waals surface area contributed by atoms with Crippen molar-refractivity contribution in [2.45, 2.75) is 57.8 Å². The summed E-state index contributed by atoms with van der Waals surface area (Å²) in [5, 5.41) is 0. The Kier molecular flexibility index (Phi) is 2.61. The van der Waals surface area contributed by atoms with Crippen LogP contribution < -0.4 is 0 Å². The molecule has 1 aliphatic heterocycles. The monoisotopic (exact) mass is 320 g/mol. The smallest absolute Gasteiger partial charge is 0.312 e. The SMILES string of the molecule is CC1(C)OCC(COC(=O)C23CC4CC5(C2)C(CC5C4=O)C3)O1. The van der Waals surface area contributed by atoms with Gasteiger partial charge >= 0.3 is 5.97 Å². The number of ether oxygens (including phenoxy) is 3. The van der Waals surface area contributed by atoms with Crippen LogP contribution in [-0.2, 0) is 23.8 Å². The highest BCUT2D eigenvalue weighted by Crippen LogP contribution is 2.77. The van der Waals surface area contributed by atoms with Crippen molar-refractivity contribution in [1.29, 1.82) is 0 Å². The minimum absolute atomic E-state index is 0.0993. The molecule has 0 amide bonds. The molecule has 5 rings (SSSR count). The molecule has 5 fully saturated rings. The van der Waals surface area contributed by atoms with Gasteiger partial charge in [-0.15, -0.1) is 0 Å². The fourth-order valence-corrected chi connectivity index (χ4v) is 6.44. The van der Waals surface area contributed by atoms with Crippen molar-refractivity contribution >= 4 is 11.8 Å². The molecule has 3 bridgehead atoms. The lowest BCUT2D eigenvalue weighted by atomic mass is 9.55. The topological polar surface area (TPSA) is 61.8 Å². The number of rotatable bonds is 3. The summed E-state index contributed by atoms with van der Waals surface area (Å²) in [6.07, 6.45) is 4.38. The van der Waals surface area contributed by atoms with Crippen LogP contribution in [0.1, 0.15) is 46.0 Å². The van der Waals surface area contributed by atoms with Crippen LogP contribution in [0.4, 0.5) is 0 Å². The number of carbonyl (C=O) groups is 2. The largest absolute Gasteiger partial charge is 0.462 e. The van der Waals surface area contributed by atoms with Gasteiger partial charge in [0.25, 0.3) is 0 Å². The van der Waals surface area contributed by atoms with E-state index in [4.69, 9.17) is 14.2 Å². The fraction of sp³-hybridized carbons (Fsp3) is 0.889. The number of esters is 1. The van der Waals surface area contributed by atoms with Crippen LogP contribution in [0.15, 0.2) is 0 Å². The molecule has 23 heavy (non-hydrogen) atoms. The number of carbonyl (C=O) groups excluding carboxylic acids is 2. The molecule has 0 aromatic carbocycles. The van der Waals surface area contributed by atoms with Crippen molar-refractivity contribution in [2.24, 2.45) is 28.6 Å². The average Bonchev–Trinajstić information content (AvgIpc) is 2.98. The van der Waals surface area contributed by atoms with E-state index in [-0.39, 0.29) is 35.9 Å². The Balaban J connectivity index is 1.29. The van der Waals surface area contributed by atoms with Crippen LogP contribution in [0.25, 0.3) is 0 Å². The van der Waals surface area contributed by atoms with Gasteiger partial charge in [0.1, 0.15) is 18.5 Å². The minimum atomic E-state index is -0.593. The predicted molar refractivity (Wildman–Crippen MR) is 79.3 cm³/mol. The summed E-state index contributed by atoms with van der Waals surface area (Å²) < 4.78 is 16.9. The van der Waals surface area contributed by atoms with Crippen molar-refractivity contribution in [3.05, 3.63) is 0 Å². The minimum Gasteiger partial charge on any atom is -0.462 e. The van der Waals surface area contributed by atoms with Gasteiger partial charge in [-0.1, -0.05) is 0 Å². The third kappa shape index (κ3) is 1.75. The number of Topliss-reactive ketones (excluding diaryl/α,β-unsaturated/α-hetero) is 1. The van der Waals surface area contributed by atoms with Gasteiger partial charge in [0.15, 0.2) is 5.79 Å². The fourth-order valence-electron chi connectivity index (χ4n) is 6.44. The first-order valence-corrected chi connectivity index (χ1v) is 8.86. The molecule has 4 aliphatic carbocycles. The van der Waals surface area contributed by atoms with E-state index in [9.17, 15) is 9.59 Å². The van der Waals surface area contributed by atoms with Gasteiger partial charge in [0.05, 0.1) is 12.0 Å². The molecular formula is C18H24O5. The van der Waals surface area contributed by atoms with Gasteiger partial charge in [0.2, 0.25) is 0 Å². The Morgan fingerprint density at radius 1 is 1.30 bits per heavy atom. The number of hydrogen-bond donors (Lipinski definition) is 0. The highest BCUT2D eigenvalue weighted by atomic mass is 16.7. The molecule has 5 aliphatic rings. The molecule has 4 saturated carbocycles. The van der Waals surface area contributed by atoms with Crippen LogP contribution in [0.2, 0.25) is 0 Å². The second-order valence-corrected chi connectivity index (χ2v) is 8.94. The molecule has 5 nitrogen and oxygen atoms in total. The summed E-state index contributed by atoms with van der Waals surface area (Å²) in [7, 11) is 0. The third-order valence-electron chi connectivity index (χ3n) is 7.24. The summed E-state index contributed by atoms with van der Waals surface area (Å²) in [6.45, 7) is 4.45. The Morgan fingerprint density at radius 2 is 2.13 bits per heavy atom. The van der Waals surface area contributed by atoms with E-state index in [1.807, 2.05) is 13.8 Å². The molecule has 1 heterocycles. The highest BCUT2D eigenvalue weighted by Gasteiger charge is 2.76. The number of ketones is 1. The molecule has 6 unspecified atom stereocenters. The van der Waals surface area contributed by atoms with Crippen molar-refractivity contribution in [2.75, 3.05) is 13.2 Å². The number of hydrogen-bond acceptors (Lipinski definition) is 5. The van der Waals surface area contributed by atoms with Crippen LogP contribution in [0.5, 0.6) is 0 Å². The zero-order chi connectivity index (χ0) is 16.0. The maximum atomic E-state index is 12.9. The van der Waals surface area contributed by atoms with Crippen molar-refractivity contribution in [3.63, 3.8) is 0 Å². The first kappa shape index (κ1) is 14.4. The van der Waals surface area contributed by atoms with Crippen LogP contribution in [-0.4, -0.2) is 36.9 Å². The van der Waals surface area contributed by atoms with E-state index in [1.165, 1.54) is 0 Å². The normalized spacial score (nSPS) is 51.7. The number of fused-ring (bicyclic) bond motifs is 2. The average molecular weight is 320 g/mol. The zero-order valence-electron chi connectivity index (χ0n) is 13.8. The summed E-state index contributed by atoms with van der Waals surface area (Å²) >= 11 is 0. The van der Waals surface area contributed by atoms with Gasteiger partial charge in [-0.3, -0.25) is 9.59 Å². The molecule has 126 valence electrons. The zero-order valence-corrected chi connectivity index (χ0v) is 13.8. The maximum Gasteiger partial charge on any atom is 0.312 e. The van der Waals surface area contributed by atoms with E-state index >= 15 is 0 Å². The standard InChI is InChI=1S/C18H24O5/c1-16(2)22-8-12(23-16)7-21-15(20)17-4-10-5-18(9-17)11(6-17)3-13(18)14(10)19/h10-13H,3-9H2,1-2H3. The molecule has 0 N–H and O–H groups in total. The quantitative estimate of drug-likeness (QED) is 0.745. The van der Waals surface area contributed by atoms with Crippen LogP contribution in [0.3, 0.4) is 0 Å². The molecule has 0 aromatic rings. The lowest BCUT2D eigenvalue weighted by molar-refractivity contribution is -0.168. The molecule has 1 saturated heterocycles. The molecule has 1 spiro atoms. The van der Waals surface area contributed by atoms with Crippen molar-refractivity contribution in [1.82, 2.24) is 0 Å². The molecule has 0 radical (unpaired) electrons. The van der Waals surface area contributed by atoms with E-state index in [0.29, 0.717) is 24.7 Å². The Morgan fingerprint density at radius 3 is 2.87 bits per heavy atom. The second-order valence-electron chi connectivity index (χ2n) is 8.94. The Hall–Kier alpha value is -0.940. The summed E-state index contributed by atoms with van der Waals surface area (Å²) in [6, 6.07) is 0. The van der Waals surface area contributed by atoms with Crippen molar-refractivity contribution < 1.29 is 23.8 Å². The highest BCUT2D eigenvalue weighted by molar-refractivity contribution is 5.91. The summed E-state index contributed by atoms with van der Waals surface area (Å²) in [5.41, 5.74) is -0.239. The van der Waals surface area contributed by atoms with Crippen molar-refractivity contribution in [3.8, 4) is 0 Å². The van der Waals surface area contributed by atoms with Crippen LogP contribution >= 0.6 is 0 Å². The van der Waals surface area contributed by atoms with Crippen LogP contribution in [0, 0.1) is 28.6 Å².